The van der Waals surface area contributed by atoms with Crippen LogP contribution in [0.4, 0.5) is 5.69 Å². The van der Waals surface area contributed by atoms with E-state index in [2.05, 4.69) is 166 Å². The van der Waals surface area contributed by atoms with Crippen LogP contribution in [0.2, 0.25) is 0 Å². The van der Waals surface area contributed by atoms with E-state index < -0.39 is 0 Å². The maximum absolute atomic E-state index is 2.65. The van der Waals surface area contributed by atoms with Gasteiger partial charge in [0.05, 0.1) is 6.04 Å². The van der Waals surface area contributed by atoms with Gasteiger partial charge in [-0.25, -0.2) is 0 Å². The first-order valence-corrected chi connectivity index (χ1v) is 19.2. The summed E-state index contributed by atoms with van der Waals surface area (Å²) >= 11 is 0. The number of aryl methyl sites for hydroxylation is 3. The van der Waals surface area contributed by atoms with Crippen LogP contribution in [0.5, 0.6) is 0 Å². The van der Waals surface area contributed by atoms with Crippen molar-refractivity contribution in [2.45, 2.75) is 103 Å². The molecule has 0 amide bonds. The van der Waals surface area contributed by atoms with Gasteiger partial charge in [-0.2, -0.15) is 0 Å². The summed E-state index contributed by atoms with van der Waals surface area (Å²) in [6.45, 7) is 8.90. The van der Waals surface area contributed by atoms with Crippen molar-refractivity contribution < 1.29 is 0 Å². The molecule has 0 aliphatic heterocycles. The first-order valence-electron chi connectivity index (χ1n) is 19.2. The molecule has 3 atom stereocenters. The van der Waals surface area contributed by atoms with Crippen LogP contribution >= 0.6 is 0 Å². The number of allylic oxidation sites excluding steroid dienone is 5. The van der Waals surface area contributed by atoms with E-state index in [1.807, 2.05) is 0 Å². The van der Waals surface area contributed by atoms with Crippen LogP contribution in [0.3, 0.4) is 0 Å². The summed E-state index contributed by atoms with van der Waals surface area (Å²) < 4.78 is 0. The Balaban J connectivity index is 1.17. The van der Waals surface area contributed by atoms with E-state index in [1.54, 1.807) is 0 Å². The molecule has 0 bridgehead atoms. The van der Waals surface area contributed by atoms with Crippen LogP contribution in [-0.4, -0.2) is 6.04 Å². The molecule has 3 aliphatic carbocycles. The van der Waals surface area contributed by atoms with Crippen molar-refractivity contribution in [3.8, 4) is 0 Å². The molecule has 7 rings (SSSR count). The molecule has 1 nitrogen and oxygen atoms in total. The van der Waals surface area contributed by atoms with Crippen LogP contribution < -0.4 is 4.90 Å². The minimum atomic E-state index is 0.0869. The van der Waals surface area contributed by atoms with Crippen LogP contribution in [-0.2, 0) is 5.41 Å². The van der Waals surface area contributed by atoms with Crippen molar-refractivity contribution in [1.29, 1.82) is 0 Å². The van der Waals surface area contributed by atoms with Gasteiger partial charge in [-0.1, -0.05) is 164 Å². The fraction of sp³-hybridized carbons (Fsp3) is 0.347. The molecule has 0 heterocycles. The number of hydrogen-bond donors (Lipinski definition) is 0. The Kier molecular flexibility index (Phi) is 10.4. The second-order valence-electron chi connectivity index (χ2n) is 15.5. The van der Waals surface area contributed by atoms with Gasteiger partial charge in [-0.05, 0) is 105 Å². The Labute approximate surface area is 302 Å². The van der Waals surface area contributed by atoms with Crippen molar-refractivity contribution >= 4 is 11.8 Å². The molecule has 0 spiro atoms. The zero-order valence-electron chi connectivity index (χ0n) is 30.7. The Morgan fingerprint density at radius 3 is 1.86 bits per heavy atom. The van der Waals surface area contributed by atoms with E-state index in [4.69, 9.17) is 0 Å². The van der Waals surface area contributed by atoms with Crippen molar-refractivity contribution in [2.24, 2.45) is 5.92 Å². The number of benzene rings is 4. The molecular weight excluding hydrogens is 603 g/mol. The molecule has 0 aromatic heterocycles. The molecule has 0 saturated heterocycles. The van der Waals surface area contributed by atoms with E-state index in [0.717, 1.165) is 18.8 Å². The van der Waals surface area contributed by atoms with Gasteiger partial charge < -0.3 is 4.90 Å². The molecule has 0 N–H and O–H groups in total. The van der Waals surface area contributed by atoms with Crippen molar-refractivity contribution in [2.75, 3.05) is 4.90 Å². The lowest BCUT2D eigenvalue weighted by atomic mass is 9.63. The zero-order valence-corrected chi connectivity index (χ0v) is 30.7. The topological polar surface area (TPSA) is 3.24 Å². The lowest BCUT2D eigenvalue weighted by Crippen LogP contribution is -2.37. The van der Waals surface area contributed by atoms with E-state index >= 15 is 0 Å². The predicted octanol–water partition coefficient (Wildman–Crippen LogP) is 13.1. The Morgan fingerprint density at radius 2 is 1.28 bits per heavy atom. The summed E-state index contributed by atoms with van der Waals surface area (Å²) in [6, 6.07) is 37.2. The second-order valence-corrected chi connectivity index (χ2v) is 15.5. The van der Waals surface area contributed by atoms with Gasteiger partial charge in [0.15, 0.2) is 0 Å². The lowest BCUT2D eigenvalue weighted by molar-refractivity contribution is 0.343. The number of anilines is 1. The third kappa shape index (κ3) is 7.53. The third-order valence-corrected chi connectivity index (χ3v) is 11.8. The Bertz CT molecular complexity index is 1840. The van der Waals surface area contributed by atoms with Crippen LogP contribution in [0.15, 0.2) is 139 Å². The van der Waals surface area contributed by atoms with Gasteiger partial charge in [0.25, 0.3) is 0 Å². The third-order valence-electron chi connectivity index (χ3n) is 11.8. The maximum Gasteiger partial charge on any atom is 0.0556 e. The average molecular weight is 658 g/mol. The molecule has 256 valence electrons. The fourth-order valence-corrected chi connectivity index (χ4v) is 8.58. The van der Waals surface area contributed by atoms with Gasteiger partial charge in [-0.15, -0.1) is 0 Å². The average Bonchev–Trinajstić information content (AvgIpc) is 3.15. The van der Waals surface area contributed by atoms with E-state index in [-0.39, 0.29) is 11.3 Å². The smallest absolute Gasteiger partial charge is 0.0556 e. The van der Waals surface area contributed by atoms with Crippen LogP contribution in [0, 0.1) is 26.7 Å². The highest BCUT2D eigenvalue weighted by atomic mass is 15.2. The largest absolute Gasteiger partial charge is 0.338 e. The summed E-state index contributed by atoms with van der Waals surface area (Å²) in [4.78, 5) is 2.65. The van der Waals surface area contributed by atoms with Crippen molar-refractivity contribution in [3.63, 3.8) is 0 Å². The van der Waals surface area contributed by atoms with Crippen molar-refractivity contribution in [1.82, 2.24) is 0 Å². The molecule has 1 heteroatoms. The van der Waals surface area contributed by atoms with E-state index in [9.17, 15) is 0 Å². The number of nitrogens with zero attached hydrogens (tertiary/aromatic N) is 1. The molecule has 1 fully saturated rings. The monoisotopic (exact) mass is 657 g/mol. The Hall–Kier alpha value is -4.36. The molecule has 0 radical (unpaired) electrons. The van der Waals surface area contributed by atoms with Gasteiger partial charge in [0.2, 0.25) is 0 Å². The molecule has 4 aromatic carbocycles. The van der Waals surface area contributed by atoms with Gasteiger partial charge >= 0.3 is 0 Å². The minimum Gasteiger partial charge on any atom is -0.338 e. The highest BCUT2D eigenvalue weighted by Crippen LogP contribution is 2.47. The maximum atomic E-state index is 2.65. The van der Waals surface area contributed by atoms with Gasteiger partial charge in [-0.3, -0.25) is 0 Å². The van der Waals surface area contributed by atoms with Gasteiger partial charge in [0, 0.05) is 22.7 Å². The summed E-state index contributed by atoms with van der Waals surface area (Å²) in [6.07, 6.45) is 25.9. The number of rotatable bonds is 9. The first-order chi connectivity index (χ1) is 24.4. The zero-order chi connectivity index (χ0) is 34.5. The van der Waals surface area contributed by atoms with Crippen LogP contribution in [0.25, 0.3) is 6.08 Å². The normalized spacial score (nSPS) is 21.0. The highest BCUT2D eigenvalue weighted by molar-refractivity contribution is 5.58. The minimum absolute atomic E-state index is 0.0869. The summed E-state index contributed by atoms with van der Waals surface area (Å²) in [5, 5.41) is 0. The summed E-state index contributed by atoms with van der Waals surface area (Å²) in [5.41, 5.74) is 13.8. The summed E-state index contributed by atoms with van der Waals surface area (Å²) in [5.74, 6) is 0.980. The lowest BCUT2D eigenvalue weighted by Gasteiger charge is -2.42. The highest BCUT2D eigenvalue weighted by Gasteiger charge is 2.38. The molecule has 50 heavy (non-hydrogen) atoms. The van der Waals surface area contributed by atoms with Gasteiger partial charge in [0.1, 0.15) is 0 Å². The summed E-state index contributed by atoms with van der Waals surface area (Å²) in [7, 11) is 0. The molecule has 1 saturated carbocycles. The molecule has 3 unspecified atom stereocenters. The SMILES string of the molecule is Cc1ccc(/C=C/C(c2ccc(C)cc2)c2ccc(C3(C4=CCC(N(C5=CCC(C)CC5)c5ccc(C)cc5)C=C4)CCCCC3)cc2)cc1. The van der Waals surface area contributed by atoms with E-state index in [1.165, 1.54) is 101 Å². The van der Waals surface area contributed by atoms with Crippen LogP contribution in [0.1, 0.15) is 110 Å². The predicted molar refractivity (Wildman–Crippen MR) is 215 cm³/mol. The molecule has 3 aliphatic rings. The molecule has 4 aromatic rings. The standard InChI is InChI=1S/C49H55N/c1-36-8-16-40(17-9-36)18-33-48(41-19-10-37(2)11-20-41)42-21-23-43(24-22-42)49(34-6-5-7-35-49)44-25-31-47(32-26-44)50(45-27-12-38(3)13-28-45)46-29-14-39(4)15-30-46/h8-13,16-29,31,33,39,47-48H,5-7,14-15,30,32,34-35H2,1-4H3/b33-18+. The van der Waals surface area contributed by atoms with Crippen molar-refractivity contribution in [3.05, 3.63) is 178 Å². The molecular formula is C49H55N. The number of hydrogen-bond acceptors (Lipinski definition) is 1. The van der Waals surface area contributed by atoms with E-state index in [0.29, 0.717) is 6.04 Å². The Morgan fingerprint density at radius 1 is 0.680 bits per heavy atom. The first kappa shape index (κ1) is 34.1. The second kappa shape index (κ2) is 15.3. The fourth-order valence-electron chi connectivity index (χ4n) is 8.58. The quantitative estimate of drug-likeness (QED) is 0.173.